The Kier molecular flexibility index (Phi) is 5.06. The third kappa shape index (κ3) is 3.54. The first-order valence-electron chi connectivity index (χ1n) is 6.71. The number of carbonyl (C=O) groups excluding carboxylic acids is 2. The molecular formula is C15H19NO3S. The van der Waals surface area contributed by atoms with Gasteiger partial charge < -0.3 is 9.64 Å². The predicted molar refractivity (Wildman–Crippen MR) is 79.9 cm³/mol. The molecule has 0 fully saturated rings. The van der Waals surface area contributed by atoms with Crippen LogP contribution in [0.4, 0.5) is 5.69 Å². The van der Waals surface area contributed by atoms with Gasteiger partial charge in [0.2, 0.25) is 5.91 Å². The van der Waals surface area contributed by atoms with Crippen molar-refractivity contribution in [1.82, 2.24) is 0 Å². The summed E-state index contributed by atoms with van der Waals surface area (Å²) in [5.41, 5.74) is 0.955. The monoisotopic (exact) mass is 293 g/mol. The highest BCUT2D eigenvalue weighted by molar-refractivity contribution is 7.99. The first-order valence-corrected chi connectivity index (χ1v) is 7.69. The largest absolute Gasteiger partial charge is 0.469 e. The number of benzene rings is 1. The van der Waals surface area contributed by atoms with E-state index in [1.165, 1.54) is 7.11 Å². The van der Waals surface area contributed by atoms with Crippen molar-refractivity contribution < 1.29 is 14.3 Å². The van der Waals surface area contributed by atoms with Crippen LogP contribution in [0.15, 0.2) is 29.2 Å². The number of anilines is 1. The fourth-order valence-corrected chi connectivity index (χ4v) is 3.25. The normalized spacial score (nSPS) is 18.1. The van der Waals surface area contributed by atoms with Crippen LogP contribution in [0.5, 0.6) is 0 Å². The topological polar surface area (TPSA) is 46.6 Å². The quantitative estimate of drug-likeness (QED) is 0.804. The molecule has 4 nitrogen and oxygen atoms in total. The summed E-state index contributed by atoms with van der Waals surface area (Å²) in [5, 5.41) is 0. The van der Waals surface area contributed by atoms with Crippen molar-refractivity contribution in [2.75, 3.05) is 24.3 Å². The molecule has 2 rings (SSSR count). The third-order valence-electron chi connectivity index (χ3n) is 3.25. The molecule has 1 heterocycles. The molecule has 5 heteroatoms. The Labute approximate surface area is 123 Å². The number of carbonyl (C=O) groups is 2. The van der Waals surface area contributed by atoms with E-state index < -0.39 is 0 Å². The van der Waals surface area contributed by atoms with Crippen LogP contribution in [0.3, 0.4) is 0 Å². The number of methoxy groups -OCH3 is 1. The Hall–Kier alpha value is -1.49. The Morgan fingerprint density at radius 2 is 2.10 bits per heavy atom. The van der Waals surface area contributed by atoms with Gasteiger partial charge in [0.25, 0.3) is 0 Å². The molecule has 1 unspecified atom stereocenters. The molecule has 1 aliphatic rings. The van der Waals surface area contributed by atoms with Gasteiger partial charge in [0.05, 0.1) is 19.2 Å². The number of hydrogen-bond acceptors (Lipinski definition) is 4. The van der Waals surface area contributed by atoms with Crippen molar-refractivity contribution in [3.8, 4) is 0 Å². The maximum absolute atomic E-state index is 12.4. The standard InChI is InChI=1S/C15H19NO3S/c1-11-9-16(14(17)7-8-15(18)19-2)12-5-3-4-6-13(12)20-10-11/h3-6,11H,7-10H2,1-2H3. The van der Waals surface area contributed by atoms with Gasteiger partial charge in [0.15, 0.2) is 0 Å². The smallest absolute Gasteiger partial charge is 0.306 e. The molecule has 0 spiro atoms. The number of nitrogens with zero attached hydrogens (tertiary/aromatic N) is 1. The Bertz CT molecular complexity index is 504. The van der Waals surface area contributed by atoms with Gasteiger partial charge >= 0.3 is 5.97 Å². The van der Waals surface area contributed by atoms with E-state index in [1.54, 1.807) is 11.8 Å². The van der Waals surface area contributed by atoms with E-state index in [-0.39, 0.29) is 24.7 Å². The van der Waals surface area contributed by atoms with Crippen LogP contribution in [0, 0.1) is 5.92 Å². The Balaban J connectivity index is 2.16. The molecule has 1 aromatic carbocycles. The van der Waals surface area contributed by atoms with E-state index >= 15 is 0 Å². The molecular weight excluding hydrogens is 274 g/mol. The second-order valence-corrected chi connectivity index (χ2v) is 6.03. The fourth-order valence-electron chi connectivity index (χ4n) is 2.18. The molecule has 1 atom stereocenters. The maximum Gasteiger partial charge on any atom is 0.306 e. The molecule has 1 aromatic rings. The van der Waals surface area contributed by atoms with Crippen LogP contribution in [0.2, 0.25) is 0 Å². The summed E-state index contributed by atoms with van der Waals surface area (Å²) in [5.74, 6) is 1.06. The number of para-hydroxylation sites is 1. The molecule has 1 amide bonds. The van der Waals surface area contributed by atoms with Crippen LogP contribution < -0.4 is 4.90 Å². The minimum atomic E-state index is -0.344. The summed E-state index contributed by atoms with van der Waals surface area (Å²) in [6, 6.07) is 7.93. The van der Waals surface area contributed by atoms with Crippen molar-refractivity contribution in [1.29, 1.82) is 0 Å². The predicted octanol–water partition coefficient (Wildman–Crippen LogP) is 2.71. The van der Waals surface area contributed by atoms with E-state index in [2.05, 4.69) is 11.7 Å². The lowest BCUT2D eigenvalue weighted by Gasteiger charge is -2.24. The molecule has 20 heavy (non-hydrogen) atoms. The summed E-state index contributed by atoms with van der Waals surface area (Å²) in [6.45, 7) is 2.84. The maximum atomic E-state index is 12.4. The van der Waals surface area contributed by atoms with Crippen molar-refractivity contribution in [2.24, 2.45) is 5.92 Å². The van der Waals surface area contributed by atoms with Crippen LogP contribution in [0.1, 0.15) is 19.8 Å². The van der Waals surface area contributed by atoms with Crippen molar-refractivity contribution in [2.45, 2.75) is 24.7 Å². The fraction of sp³-hybridized carbons (Fsp3) is 0.467. The van der Waals surface area contributed by atoms with Crippen molar-refractivity contribution in [3.63, 3.8) is 0 Å². The van der Waals surface area contributed by atoms with Crippen LogP contribution >= 0.6 is 11.8 Å². The van der Waals surface area contributed by atoms with Crippen molar-refractivity contribution >= 4 is 29.3 Å². The van der Waals surface area contributed by atoms with Gasteiger partial charge in [-0.15, -0.1) is 11.8 Å². The molecule has 0 bridgehead atoms. The highest BCUT2D eigenvalue weighted by atomic mass is 32.2. The number of esters is 1. The summed E-state index contributed by atoms with van der Waals surface area (Å²) >= 11 is 1.78. The Morgan fingerprint density at radius 3 is 2.85 bits per heavy atom. The lowest BCUT2D eigenvalue weighted by molar-refractivity contribution is -0.141. The summed E-state index contributed by atoms with van der Waals surface area (Å²) in [7, 11) is 1.34. The lowest BCUT2D eigenvalue weighted by Crippen LogP contribution is -2.34. The average molecular weight is 293 g/mol. The minimum absolute atomic E-state index is 0.0165. The summed E-state index contributed by atoms with van der Waals surface area (Å²) in [6.07, 6.45) is 0.327. The van der Waals surface area contributed by atoms with Crippen LogP contribution in [0.25, 0.3) is 0 Å². The minimum Gasteiger partial charge on any atom is -0.469 e. The number of hydrogen-bond donors (Lipinski definition) is 0. The molecule has 0 aliphatic carbocycles. The summed E-state index contributed by atoms with van der Waals surface area (Å²) < 4.78 is 4.59. The molecule has 1 aliphatic heterocycles. The first-order chi connectivity index (χ1) is 9.61. The van der Waals surface area contributed by atoms with Gasteiger partial charge in [-0.05, 0) is 18.1 Å². The van der Waals surface area contributed by atoms with E-state index in [1.807, 2.05) is 29.2 Å². The zero-order valence-electron chi connectivity index (χ0n) is 11.8. The van der Waals surface area contributed by atoms with Gasteiger partial charge in [-0.25, -0.2) is 0 Å². The molecule has 0 N–H and O–H groups in total. The van der Waals surface area contributed by atoms with Crippen molar-refractivity contribution in [3.05, 3.63) is 24.3 Å². The van der Waals surface area contributed by atoms with Crippen LogP contribution in [-0.4, -0.2) is 31.3 Å². The number of thioether (sulfide) groups is 1. The first kappa shape index (κ1) is 14.9. The average Bonchev–Trinajstić information content (AvgIpc) is 2.64. The van der Waals surface area contributed by atoms with Gasteiger partial charge in [0.1, 0.15) is 0 Å². The van der Waals surface area contributed by atoms with E-state index in [0.29, 0.717) is 12.5 Å². The number of fused-ring (bicyclic) bond motifs is 1. The highest BCUT2D eigenvalue weighted by Crippen LogP contribution is 2.35. The van der Waals surface area contributed by atoms with Gasteiger partial charge in [-0.2, -0.15) is 0 Å². The van der Waals surface area contributed by atoms with E-state index in [9.17, 15) is 9.59 Å². The zero-order chi connectivity index (χ0) is 14.5. The van der Waals surface area contributed by atoms with Gasteiger partial charge in [-0.3, -0.25) is 9.59 Å². The second-order valence-electron chi connectivity index (χ2n) is 4.96. The summed E-state index contributed by atoms with van der Waals surface area (Å²) in [4.78, 5) is 26.5. The van der Waals surface area contributed by atoms with Gasteiger partial charge in [-0.1, -0.05) is 19.1 Å². The molecule has 0 radical (unpaired) electrons. The Morgan fingerprint density at radius 1 is 1.35 bits per heavy atom. The number of amides is 1. The highest BCUT2D eigenvalue weighted by Gasteiger charge is 2.24. The number of ether oxygens (including phenoxy) is 1. The van der Waals surface area contributed by atoms with Gasteiger partial charge in [0, 0.05) is 23.6 Å². The molecule has 0 saturated carbocycles. The SMILES string of the molecule is COC(=O)CCC(=O)N1CC(C)CSc2ccccc21. The lowest BCUT2D eigenvalue weighted by atomic mass is 10.1. The zero-order valence-corrected chi connectivity index (χ0v) is 12.6. The number of rotatable bonds is 3. The van der Waals surface area contributed by atoms with E-state index in [0.717, 1.165) is 16.3 Å². The molecule has 108 valence electrons. The molecule has 0 saturated heterocycles. The van der Waals surface area contributed by atoms with Crippen LogP contribution in [-0.2, 0) is 14.3 Å². The third-order valence-corrected chi connectivity index (χ3v) is 4.64. The van der Waals surface area contributed by atoms with E-state index in [4.69, 9.17) is 0 Å². The molecule has 0 aromatic heterocycles. The second kappa shape index (κ2) is 6.79.